The number of benzene rings is 3. The van der Waals surface area contributed by atoms with Gasteiger partial charge in [-0.1, -0.05) is 53.5 Å². The fourth-order valence-electron chi connectivity index (χ4n) is 2.44. The molecule has 0 aliphatic carbocycles. The van der Waals surface area contributed by atoms with Gasteiger partial charge in [-0.3, -0.25) is 4.79 Å². The maximum atomic E-state index is 12.1. The van der Waals surface area contributed by atoms with Gasteiger partial charge in [0.2, 0.25) is 0 Å². The highest BCUT2D eigenvalue weighted by Crippen LogP contribution is 2.26. The summed E-state index contributed by atoms with van der Waals surface area (Å²) >= 11 is 12.3. The number of hydrogen-bond acceptors (Lipinski definition) is 4. The molecule has 3 N–H and O–H groups in total. The molecule has 0 aliphatic rings. The minimum absolute atomic E-state index is 0.239. The normalized spacial score (nSPS) is 10.8. The van der Waals surface area contributed by atoms with Crippen molar-refractivity contribution in [2.45, 2.75) is 6.61 Å². The standard InChI is InChI=1S/C21H17Cl2N3O2/c22-18-8-4-9-19(23)17(18)13-28-15-6-3-5-14(11-15)12-25-26-21(27)16-7-1-2-10-20(16)24/h1-12H,13,24H2,(H,26,27)/b25-12+. The van der Waals surface area contributed by atoms with Crippen molar-refractivity contribution in [1.29, 1.82) is 0 Å². The number of nitrogens with one attached hydrogen (secondary N) is 1. The number of rotatable bonds is 6. The summed E-state index contributed by atoms with van der Waals surface area (Å²) in [5.41, 5.74) is 10.5. The Morgan fingerprint density at radius 2 is 1.75 bits per heavy atom. The van der Waals surface area contributed by atoms with Crippen LogP contribution in [0.2, 0.25) is 10.0 Å². The van der Waals surface area contributed by atoms with Crippen LogP contribution >= 0.6 is 23.2 Å². The Morgan fingerprint density at radius 3 is 2.50 bits per heavy atom. The van der Waals surface area contributed by atoms with Gasteiger partial charge in [0.15, 0.2) is 0 Å². The maximum Gasteiger partial charge on any atom is 0.273 e. The number of amides is 1. The Labute approximate surface area is 172 Å². The van der Waals surface area contributed by atoms with Crippen molar-refractivity contribution in [1.82, 2.24) is 5.43 Å². The highest BCUT2D eigenvalue weighted by molar-refractivity contribution is 6.35. The molecule has 3 aromatic carbocycles. The van der Waals surface area contributed by atoms with Crippen molar-refractivity contribution in [3.05, 3.63) is 93.5 Å². The van der Waals surface area contributed by atoms with Crippen LogP contribution in [0.3, 0.4) is 0 Å². The monoisotopic (exact) mass is 413 g/mol. The van der Waals surface area contributed by atoms with Crippen molar-refractivity contribution in [3.8, 4) is 5.75 Å². The molecule has 1 amide bonds. The van der Waals surface area contributed by atoms with E-state index in [0.29, 0.717) is 27.0 Å². The Morgan fingerprint density at radius 1 is 1.04 bits per heavy atom. The van der Waals surface area contributed by atoms with Crippen LogP contribution in [0.15, 0.2) is 71.8 Å². The van der Waals surface area contributed by atoms with E-state index in [9.17, 15) is 4.79 Å². The highest BCUT2D eigenvalue weighted by Gasteiger charge is 2.08. The quantitative estimate of drug-likeness (QED) is 0.342. The van der Waals surface area contributed by atoms with Crippen LogP contribution in [0.5, 0.6) is 5.75 Å². The molecule has 28 heavy (non-hydrogen) atoms. The lowest BCUT2D eigenvalue weighted by Crippen LogP contribution is -2.18. The molecular weight excluding hydrogens is 397 g/mol. The number of carbonyl (C=O) groups excluding carboxylic acids is 1. The lowest BCUT2D eigenvalue weighted by molar-refractivity contribution is 0.0956. The SMILES string of the molecule is Nc1ccccc1C(=O)N/N=C/c1cccc(OCc2c(Cl)cccc2Cl)c1. The van der Waals surface area contributed by atoms with Gasteiger partial charge in [-0.15, -0.1) is 0 Å². The topological polar surface area (TPSA) is 76.7 Å². The zero-order chi connectivity index (χ0) is 19.9. The van der Waals surface area contributed by atoms with Crippen LogP contribution in [0.1, 0.15) is 21.5 Å². The molecular formula is C21H17Cl2N3O2. The molecule has 0 fully saturated rings. The first-order valence-electron chi connectivity index (χ1n) is 8.38. The van der Waals surface area contributed by atoms with E-state index in [-0.39, 0.29) is 12.5 Å². The van der Waals surface area contributed by atoms with Crippen molar-refractivity contribution in [3.63, 3.8) is 0 Å². The summed E-state index contributed by atoms with van der Waals surface area (Å²) in [6.07, 6.45) is 1.52. The second-order valence-electron chi connectivity index (χ2n) is 5.85. The third-order valence-corrected chi connectivity index (χ3v) is 4.60. The smallest absolute Gasteiger partial charge is 0.273 e. The number of nitrogens with zero attached hydrogens (tertiary/aromatic N) is 1. The third kappa shape index (κ3) is 5.03. The van der Waals surface area contributed by atoms with Gasteiger partial charge in [0, 0.05) is 21.3 Å². The average Bonchev–Trinajstić information content (AvgIpc) is 2.68. The van der Waals surface area contributed by atoms with Gasteiger partial charge in [0.1, 0.15) is 12.4 Å². The van der Waals surface area contributed by atoms with E-state index in [1.54, 1.807) is 48.5 Å². The van der Waals surface area contributed by atoms with Gasteiger partial charge in [0.25, 0.3) is 5.91 Å². The van der Waals surface area contributed by atoms with E-state index in [0.717, 1.165) is 11.1 Å². The predicted molar refractivity (Wildman–Crippen MR) is 113 cm³/mol. The van der Waals surface area contributed by atoms with E-state index in [1.165, 1.54) is 6.21 Å². The van der Waals surface area contributed by atoms with Gasteiger partial charge in [-0.05, 0) is 42.0 Å². The molecule has 0 atom stereocenters. The number of anilines is 1. The molecule has 142 valence electrons. The predicted octanol–water partition coefficient (Wildman–Crippen LogP) is 4.92. The van der Waals surface area contributed by atoms with Crippen molar-refractivity contribution in [2.75, 3.05) is 5.73 Å². The Balaban J connectivity index is 1.62. The molecule has 0 aliphatic heterocycles. The molecule has 3 rings (SSSR count). The van der Waals surface area contributed by atoms with Crippen molar-refractivity contribution in [2.24, 2.45) is 5.10 Å². The van der Waals surface area contributed by atoms with E-state index in [1.807, 2.05) is 18.2 Å². The van der Waals surface area contributed by atoms with Crippen molar-refractivity contribution < 1.29 is 9.53 Å². The van der Waals surface area contributed by atoms with E-state index in [4.69, 9.17) is 33.7 Å². The summed E-state index contributed by atoms with van der Waals surface area (Å²) in [6, 6.07) is 19.3. The number of hydrogen-bond donors (Lipinski definition) is 2. The fraction of sp³-hybridized carbons (Fsp3) is 0.0476. The first kappa shape index (κ1) is 19.7. The lowest BCUT2D eigenvalue weighted by Gasteiger charge is -2.10. The first-order chi connectivity index (χ1) is 13.5. The number of para-hydroxylation sites is 1. The van der Waals surface area contributed by atoms with Crippen LogP contribution in [0.25, 0.3) is 0 Å². The number of halogens is 2. The van der Waals surface area contributed by atoms with E-state index < -0.39 is 0 Å². The summed E-state index contributed by atoms with van der Waals surface area (Å²) in [6.45, 7) is 0.239. The number of hydrazone groups is 1. The summed E-state index contributed by atoms with van der Waals surface area (Å²) in [5.74, 6) is 0.244. The third-order valence-electron chi connectivity index (χ3n) is 3.89. The molecule has 0 heterocycles. The Kier molecular flexibility index (Phi) is 6.53. The molecule has 0 saturated carbocycles. The van der Waals surface area contributed by atoms with E-state index in [2.05, 4.69) is 10.5 Å². The number of carbonyl (C=O) groups is 1. The largest absolute Gasteiger partial charge is 0.489 e. The van der Waals surface area contributed by atoms with Gasteiger partial charge in [0.05, 0.1) is 11.8 Å². The first-order valence-corrected chi connectivity index (χ1v) is 9.14. The molecule has 0 saturated heterocycles. The van der Waals surface area contributed by atoms with Crippen LogP contribution in [-0.4, -0.2) is 12.1 Å². The summed E-state index contributed by atoms with van der Waals surface area (Å²) < 4.78 is 5.77. The summed E-state index contributed by atoms with van der Waals surface area (Å²) in [4.78, 5) is 12.1. The van der Waals surface area contributed by atoms with Gasteiger partial charge >= 0.3 is 0 Å². The van der Waals surface area contributed by atoms with Crippen LogP contribution in [-0.2, 0) is 6.61 Å². The number of nitrogen functional groups attached to an aromatic ring is 1. The number of ether oxygens (including phenoxy) is 1. The van der Waals surface area contributed by atoms with Gasteiger partial charge in [-0.25, -0.2) is 5.43 Å². The second kappa shape index (κ2) is 9.26. The Hall–Kier alpha value is -3.02. The minimum atomic E-state index is -0.380. The number of nitrogens with two attached hydrogens (primary N) is 1. The molecule has 0 aromatic heterocycles. The average molecular weight is 414 g/mol. The molecule has 5 nitrogen and oxygen atoms in total. The zero-order valence-electron chi connectivity index (χ0n) is 14.7. The minimum Gasteiger partial charge on any atom is -0.489 e. The summed E-state index contributed by atoms with van der Waals surface area (Å²) in [7, 11) is 0. The molecule has 0 unspecified atom stereocenters. The molecule has 0 spiro atoms. The van der Waals surface area contributed by atoms with Gasteiger partial charge in [-0.2, -0.15) is 5.10 Å². The zero-order valence-corrected chi connectivity index (χ0v) is 16.2. The summed E-state index contributed by atoms with van der Waals surface area (Å²) in [5, 5.41) is 5.07. The lowest BCUT2D eigenvalue weighted by atomic mass is 10.2. The van der Waals surface area contributed by atoms with E-state index >= 15 is 0 Å². The maximum absolute atomic E-state index is 12.1. The van der Waals surface area contributed by atoms with Gasteiger partial charge < -0.3 is 10.5 Å². The molecule has 7 heteroatoms. The fourth-order valence-corrected chi connectivity index (χ4v) is 2.95. The van der Waals surface area contributed by atoms with Crippen LogP contribution in [0, 0.1) is 0 Å². The highest BCUT2D eigenvalue weighted by atomic mass is 35.5. The second-order valence-corrected chi connectivity index (χ2v) is 6.66. The van der Waals surface area contributed by atoms with Crippen molar-refractivity contribution >= 4 is 41.0 Å². The Bertz CT molecular complexity index is 1000. The molecule has 3 aromatic rings. The van der Waals surface area contributed by atoms with Crippen LogP contribution < -0.4 is 15.9 Å². The van der Waals surface area contributed by atoms with Crippen LogP contribution in [0.4, 0.5) is 5.69 Å². The molecule has 0 bridgehead atoms. The molecule has 0 radical (unpaired) electrons.